The lowest BCUT2D eigenvalue weighted by Gasteiger charge is -2.10. The third-order valence-electron chi connectivity index (χ3n) is 4.38. The van der Waals surface area contributed by atoms with Gasteiger partial charge in [0.1, 0.15) is 17.1 Å². The molecule has 0 atom stereocenters. The molecule has 152 valence electrons. The molecule has 0 saturated carbocycles. The zero-order valence-electron chi connectivity index (χ0n) is 16.5. The van der Waals surface area contributed by atoms with E-state index in [1.54, 1.807) is 24.3 Å². The van der Waals surface area contributed by atoms with Crippen LogP contribution in [0.5, 0.6) is 11.5 Å². The van der Waals surface area contributed by atoms with Crippen molar-refractivity contribution < 1.29 is 33.0 Å². The van der Waals surface area contributed by atoms with Crippen LogP contribution in [0.15, 0.2) is 46.9 Å². The molecule has 0 bridgehead atoms. The van der Waals surface area contributed by atoms with Crippen LogP contribution in [0.1, 0.15) is 33.4 Å². The maximum atomic E-state index is 12.6. The number of hydrogen-bond donors (Lipinski definition) is 0. The molecule has 0 fully saturated rings. The SMILES string of the molecule is CCOCc1c(C(=O)OCC(=O)c2ccc(OC)cc2OC)oc2ccccc12. The Kier molecular flexibility index (Phi) is 6.51. The van der Waals surface area contributed by atoms with Crippen molar-refractivity contribution in [2.45, 2.75) is 13.5 Å². The molecule has 3 aromatic rings. The lowest BCUT2D eigenvalue weighted by molar-refractivity contribution is 0.0438. The van der Waals surface area contributed by atoms with Crippen LogP contribution in [0.2, 0.25) is 0 Å². The number of esters is 1. The summed E-state index contributed by atoms with van der Waals surface area (Å²) < 4.78 is 26.7. The molecule has 2 aromatic carbocycles. The van der Waals surface area contributed by atoms with E-state index < -0.39 is 18.4 Å². The zero-order valence-corrected chi connectivity index (χ0v) is 16.5. The van der Waals surface area contributed by atoms with Crippen molar-refractivity contribution in [3.05, 3.63) is 59.4 Å². The van der Waals surface area contributed by atoms with Crippen LogP contribution in [-0.4, -0.2) is 39.2 Å². The summed E-state index contributed by atoms with van der Waals surface area (Å²) in [7, 11) is 2.97. The van der Waals surface area contributed by atoms with Gasteiger partial charge < -0.3 is 23.4 Å². The highest BCUT2D eigenvalue weighted by Gasteiger charge is 2.23. The van der Waals surface area contributed by atoms with Crippen LogP contribution in [-0.2, 0) is 16.1 Å². The van der Waals surface area contributed by atoms with E-state index in [2.05, 4.69) is 0 Å². The van der Waals surface area contributed by atoms with E-state index in [4.69, 9.17) is 23.4 Å². The second-order valence-electron chi connectivity index (χ2n) is 6.11. The van der Waals surface area contributed by atoms with Gasteiger partial charge in [-0.3, -0.25) is 4.79 Å². The van der Waals surface area contributed by atoms with Gasteiger partial charge in [-0.1, -0.05) is 18.2 Å². The number of carbonyl (C=O) groups is 2. The van der Waals surface area contributed by atoms with E-state index in [1.807, 2.05) is 25.1 Å². The van der Waals surface area contributed by atoms with Crippen LogP contribution >= 0.6 is 0 Å². The molecular formula is C22H22O7. The Bertz CT molecular complexity index is 1020. The molecule has 7 nitrogen and oxygen atoms in total. The molecule has 1 heterocycles. The molecule has 0 N–H and O–H groups in total. The summed E-state index contributed by atoms with van der Waals surface area (Å²) in [6, 6.07) is 12.1. The minimum atomic E-state index is -0.725. The third-order valence-corrected chi connectivity index (χ3v) is 4.38. The number of methoxy groups -OCH3 is 2. The van der Waals surface area contributed by atoms with Crippen LogP contribution in [0.25, 0.3) is 11.0 Å². The van der Waals surface area contributed by atoms with Crippen molar-refractivity contribution in [2.24, 2.45) is 0 Å². The minimum Gasteiger partial charge on any atom is -0.497 e. The highest BCUT2D eigenvalue weighted by atomic mass is 16.5. The molecule has 0 saturated heterocycles. The largest absolute Gasteiger partial charge is 0.497 e. The molecule has 0 amide bonds. The number of ether oxygens (including phenoxy) is 4. The second kappa shape index (κ2) is 9.25. The average molecular weight is 398 g/mol. The van der Waals surface area contributed by atoms with Crippen molar-refractivity contribution in [3.8, 4) is 11.5 Å². The van der Waals surface area contributed by atoms with Gasteiger partial charge in [-0.2, -0.15) is 0 Å². The summed E-state index contributed by atoms with van der Waals surface area (Å²) >= 11 is 0. The first kappa shape index (κ1) is 20.4. The quantitative estimate of drug-likeness (QED) is 0.397. The van der Waals surface area contributed by atoms with Gasteiger partial charge in [0, 0.05) is 23.6 Å². The third kappa shape index (κ3) is 4.41. The van der Waals surface area contributed by atoms with Gasteiger partial charge in [0.15, 0.2) is 6.61 Å². The topological polar surface area (TPSA) is 84.2 Å². The Morgan fingerprint density at radius 2 is 1.83 bits per heavy atom. The molecule has 0 spiro atoms. The fourth-order valence-electron chi connectivity index (χ4n) is 2.91. The fraction of sp³-hybridized carbons (Fsp3) is 0.273. The van der Waals surface area contributed by atoms with Gasteiger partial charge in [-0.25, -0.2) is 4.79 Å². The summed E-state index contributed by atoms with van der Waals surface area (Å²) in [5, 5.41) is 0.774. The first-order valence-electron chi connectivity index (χ1n) is 9.09. The van der Waals surface area contributed by atoms with Gasteiger partial charge in [0.05, 0.1) is 26.4 Å². The predicted octanol–water partition coefficient (Wildman–Crippen LogP) is 4.03. The number of fused-ring (bicyclic) bond motifs is 1. The number of carbonyl (C=O) groups excluding carboxylic acids is 2. The summed E-state index contributed by atoms with van der Waals surface area (Å²) in [6.07, 6.45) is 0. The van der Waals surface area contributed by atoms with E-state index in [1.165, 1.54) is 14.2 Å². The predicted molar refractivity (Wildman–Crippen MR) is 106 cm³/mol. The smallest absolute Gasteiger partial charge is 0.375 e. The molecule has 3 rings (SSSR count). The Labute approximate surface area is 168 Å². The van der Waals surface area contributed by atoms with Crippen molar-refractivity contribution in [1.82, 2.24) is 0 Å². The molecule has 0 unspecified atom stereocenters. The van der Waals surface area contributed by atoms with Crippen LogP contribution in [0.3, 0.4) is 0 Å². The van der Waals surface area contributed by atoms with Crippen LogP contribution < -0.4 is 9.47 Å². The van der Waals surface area contributed by atoms with E-state index in [0.717, 1.165) is 5.39 Å². The Balaban J connectivity index is 1.78. The maximum absolute atomic E-state index is 12.6. The van der Waals surface area contributed by atoms with Crippen LogP contribution in [0, 0.1) is 0 Å². The number of ketones is 1. The highest BCUT2D eigenvalue weighted by Crippen LogP contribution is 2.28. The van der Waals surface area contributed by atoms with Gasteiger partial charge in [-0.05, 0) is 25.1 Å². The average Bonchev–Trinajstić information content (AvgIpc) is 3.13. The molecule has 29 heavy (non-hydrogen) atoms. The van der Waals surface area contributed by atoms with Gasteiger partial charge in [0.2, 0.25) is 11.5 Å². The van der Waals surface area contributed by atoms with Gasteiger partial charge in [0.25, 0.3) is 0 Å². The maximum Gasteiger partial charge on any atom is 0.375 e. The molecule has 0 radical (unpaired) electrons. The number of benzene rings is 2. The molecule has 0 aliphatic rings. The highest BCUT2D eigenvalue weighted by molar-refractivity contribution is 6.02. The number of furan rings is 1. The number of Topliss-reactive ketones (excluding diaryl/α,β-unsaturated/α-hetero) is 1. The number of para-hydroxylation sites is 1. The monoisotopic (exact) mass is 398 g/mol. The van der Waals surface area contributed by atoms with Gasteiger partial charge in [-0.15, -0.1) is 0 Å². The zero-order chi connectivity index (χ0) is 20.8. The summed E-state index contributed by atoms with van der Waals surface area (Å²) in [6.45, 7) is 2.11. The minimum absolute atomic E-state index is 0.0362. The summed E-state index contributed by atoms with van der Waals surface area (Å²) in [5.74, 6) is -0.199. The first-order chi connectivity index (χ1) is 14.1. The van der Waals surface area contributed by atoms with Crippen molar-refractivity contribution in [2.75, 3.05) is 27.4 Å². The Morgan fingerprint density at radius 1 is 1.03 bits per heavy atom. The second-order valence-corrected chi connectivity index (χ2v) is 6.11. The van der Waals surface area contributed by atoms with E-state index in [-0.39, 0.29) is 12.4 Å². The summed E-state index contributed by atoms with van der Waals surface area (Å²) in [4.78, 5) is 25.1. The molecule has 7 heteroatoms. The van der Waals surface area contributed by atoms with Crippen molar-refractivity contribution in [3.63, 3.8) is 0 Å². The first-order valence-corrected chi connectivity index (χ1v) is 9.09. The van der Waals surface area contributed by atoms with E-state index in [9.17, 15) is 9.59 Å². The molecular weight excluding hydrogens is 376 g/mol. The van der Waals surface area contributed by atoms with Crippen molar-refractivity contribution in [1.29, 1.82) is 0 Å². The fourth-order valence-corrected chi connectivity index (χ4v) is 2.91. The summed E-state index contributed by atoms with van der Waals surface area (Å²) in [5.41, 5.74) is 1.44. The Hall–Kier alpha value is -3.32. The standard InChI is InChI=1S/C22H22O7/c1-4-27-12-17-15-7-5-6-8-19(15)29-21(17)22(24)28-13-18(23)16-10-9-14(25-2)11-20(16)26-3/h5-11H,4,12-13H2,1-3H3. The molecule has 0 aliphatic heterocycles. The molecule has 1 aromatic heterocycles. The van der Waals surface area contributed by atoms with Crippen molar-refractivity contribution >= 4 is 22.7 Å². The number of hydrogen-bond acceptors (Lipinski definition) is 7. The van der Waals surface area contributed by atoms with Gasteiger partial charge >= 0.3 is 5.97 Å². The lowest BCUT2D eigenvalue weighted by Crippen LogP contribution is -2.16. The number of rotatable bonds is 9. The Morgan fingerprint density at radius 3 is 2.55 bits per heavy atom. The van der Waals surface area contributed by atoms with E-state index >= 15 is 0 Å². The molecule has 0 aliphatic carbocycles. The van der Waals surface area contributed by atoms with Crippen LogP contribution in [0.4, 0.5) is 0 Å². The van der Waals surface area contributed by atoms with E-state index in [0.29, 0.717) is 34.8 Å². The lowest BCUT2D eigenvalue weighted by atomic mass is 10.1. The normalized spacial score (nSPS) is 10.7.